The maximum absolute atomic E-state index is 11.9. The number of nitrogens with zero attached hydrogens (tertiary/aromatic N) is 10. The van der Waals surface area contributed by atoms with Gasteiger partial charge in [0.2, 0.25) is 0 Å². The van der Waals surface area contributed by atoms with Crippen LogP contribution in [0.5, 0.6) is 0 Å². The van der Waals surface area contributed by atoms with Crippen LogP contribution in [0.3, 0.4) is 0 Å². The lowest BCUT2D eigenvalue weighted by Crippen LogP contribution is -2.37. The molecule has 25 heteroatoms. The molecule has 14 rings (SSSR count). The van der Waals surface area contributed by atoms with Crippen molar-refractivity contribution in [2.24, 2.45) is 21.1 Å². The van der Waals surface area contributed by atoms with Crippen molar-refractivity contribution < 1.29 is 50.3 Å². The fraction of sp³-hybridized carbons (Fsp3) is 0.342. The van der Waals surface area contributed by atoms with Crippen LogP contribution in [-0.4, -0.2) is 115 Å². The van der Waals surface area contributed by atoms with E-state index >= 15 is 0 Å². The average molecular weight is 1520 g/mol. The molecule has 5 aromatic heterocycles. The molecule has 2 aliphatic heterocycles. The lowest BCUT2D eigenvalue weighted by atomic mass is 10.0. The van der Waals surface area contributed by atoms with E-state index in [-0.39, 0.29) is 34.2 Å². The number of hydrogen-bond donors (Lipinski definition) is 1. The first kappa shape index (κ1) is 75.0. The van der Waals surface area contributed by atoms with Crippen LogP contribution in [0.2, 0.25) is 20.1 Å². The second kappa shape index (κ2) is 34.3. The van der Waals surface area contributed by atoms with Crippen molar-refractivity contribution in [2.45, 2.75) is 110 Å². The summed E-state index contributed by atoms with van der Waals surface area (Å²) in [7, 11) is 7.81. The van der Waals surface area contributed by atoms with Gasteiger partial charge in [-0.15, -0.1) is 11.8 Å². The van der Waals surface area contributed by atoms with Crippen LogP contribution in [0.4, 0.5) is 11.4 Å². The van der Waals surface area contributed by atoms with Gasteiger partial charge in [-0.25, -0.2) is 14.4 Å². The van der Waals surface area contributed by atoms with Crippen molar-refractivity contribution in [3.63, 3.8) is 0 Å². The molecule has 5 aromatic carbocycles. The summed E-state index contributed by atoms with van der Waals surface area (Å²) in [5, 5.41) is 33.3. The predicted molar refractivity (Wildman–Crippen MR) is 399 cm³/mol. The molecule has 0 radical (unpaired) electrons. The van der Waals surface area contributed by atoms with Gasteiger partial charge in [-0.2, -0.15) is 15.3 Å². The van der Waals surface area contributed by atoms with E-state index in [0.29, 0.717) is 84.7 Å². The molecule has 1 N–H and O–H groups in total. The number of carboxylic acids is 1. The highest BCUT2D eigenvalue weighted by Gasteiger charge is 2.36. The Balaban J connectivity index is 0.000000201. The Kier molecular flexibility index (Phi) is 25.5. The Morgan fingerprint density at radius 1 is 0.525 bits per heavy atom. The topological polar surface area (TPSA) is 220 Å². The van der Waals surface area contributed by atoms with Crippen molar-refractivity contribution in [1.29, 1.82) is 0 Å². The third kappa shape index (κ3) is 18.1. The highest BCUT2D eigenvalue weighted by molar-refractivity contribution is 9.10. The molecule has 532 valence electrons. The number of carbonyl (C=O) groups is 3. The van der Waals surface area contributed by atoms with Gasteiger partial charge in [0.1, 0.15) is 40.0 Å². The minimum atomic E-state index is -0.991. The number of aromatic nitrogens is 8. The summed E-state index contributed by atoms with van der Waals surface area (Å²) in [6.45, 7) is 8.00. The molecule has 20 nitrogen and oxygen atoms in total. The van der Waals surface area contributed by atoms with Crippen molar-refractivity contribution in [1.82, 2.24) is 39.7 Å². The first-order valence-corrected chi connectivity index (χ1v) is 35.1. The van der Waals surface area contributed by atoms with Crippen LogP contribution < -0.4 is 9.80 Å². The van der Waals surface area contributed by atoms with Gasteiger partial charge in [0, 0.05) is 114 Å². The Morgan fingerprint density at radius 2 is 0.851 bits per heavy atom. The van der Waals surface area contributed by atoms with Crippen molar-refractivity contribution in [3.05, 3.63) is 192 Å². The highest BCUT2D eigenvalue weighted by Crippen LogP contribution is 2.48. The first-order chi connectivity index (χ1) is 48.3. The zero-order chi connectivity index (χ0) is 70.7. The molecule has 0 amide bonds. The Bertz CT molecular complexity index is 4540. The number of methoxy groups -OCH3 is 2. The van der Waals surface area contributed by atoms with E-state index in [1.165, 1.54) is 23.6 Å². The maximum atomic E-state index is 11.9. The van der Waals surface area contributed by atoms with Crippen LogP contribution in [0.25, 0.3) is 56.3 Å². The molecule has 2 saturated carbocycles. The zero-order valence-electron chi connectivity index (χ0n) is 58.3. The van der Waals surface area contributed by atoms with E-state index < -0.39 is 11.9 Å². The standard InChI is InChI=1S/C30H30Cl2N4O4.C29H28Cl2N4O4.C12H11BrN2O2.C4H6.CH4.2H/c1-35-26(30(37)38-2)16-25(33-35)18-8-10-20(11-9-18)36-14-12-21(13-15-36)39-17-22-28(34-40-29(22)19-6-7-19)27-23(31)4-3-5-24(27)32;1-34-25(29(36)37)15-24(32-34)17-7-9-19(10-8-17)35-13-11-20(12-14-35)38-16-21-27(33-39-28(21)18-5-6-18)26-22(30)3-2-4-23(26)31;1-15-11(12(16)17-2)7-10(14-15)8-3-5-9(13)6-4-8;1-3-4-2;;;/h3-5,8-11,16,19,21H,6-7,12-15,17H2,1-2H3;2-4,7-10,15,18,20H,5-6,11-14,16H2,1H3,(H,36,37);3-7H,1-2H3;1-2H3;1H4;;/q;;;;;2*-1/i;;;;;2*1+2. The van der Waals surface area contributed by atoms with Crippen LogP contribution >= 0.6 is 62.3 Å². The number of carboxylic acid groups (broad SMARTS) is 1. The van der Waals surface area contributed by atoms with E-state index in [1.807, 2.05) is 98.8 Å². The number of anilines is 2. The van der Waals surface area contributed by atoms with Crippen LogP contribution in [-0.2, 0) is 53.3 Å². The fourth-order valence-corrected chi connectivity index (χ4v) is 13.4. The number of rotatable bonds is 18. The number of esters is 2. The number of carbonyl (C=O) groups excluding carboxylic acids is 2. The normalized spacial score (nSPS) is 14.4. The van der Waals surface area contributed by atoms with Crippen molar-refractivity contribution in [3.8, 4) is 68.1 Å². The van der Waals surface area contributed by atoms with E-state index in [0.717, 1.165) is 144 Å². The summed E-state index contributed by atoms with van der Waals surface area (Å²) in [5.41, 5.74) is 12.9. The Morgan fingerprint density at radius 3 is 1.16 bits per heavy atom. The SMILES string of the molecule is C.CC#CC.COC(=O)c1cc(-c2ccc(Br)cc2)nn1C.COC(=O)c1cc(-c2ccc(N3CCC(OCc4c(-c5c(Cl)cccc5Cl)noc4C4CC4)CC3)cc2)nn1C.Cn1nc(-c2ccc(N3CCC(OCc4c(-c5c(Cl)cccc5Cl)noc4C4CC4)CC3)cc2)cc1C(=O)O.[3H-].[3H-]. The number of hydrogen-bond acceptors (Lipinski definition) is 16. The molecule has 0 bridgehead atoms. The quantitative estimate of drug-likeness (QED) is 0.0623. The summed E-state index contributed by atoms with van der Waals surface area (Å²) >= 11 is 29.3. The summed E-state index contributed by atoms with van der Waals surface area (Å²) in [6.07, 6.45) is 8.27. The molecule has 4 fully saturated rings. The van der Waals surface area contributed by atoms with Gasteiger partial charge in [-0.1, -0.05) is 129 Å². The second-order valence-corrected chi connectivity index (χ2v) is 27.0. The highest BCUT2D eigenvalue weighted by atomic mass is 79.9. The van der Waals surface area contributed by atoms with Gasteiger partial charge in [0.15, 0.2) is 0 Å². The molecule has 0 unspecified atom stereocenters. The number of benzene rings is 5. The lowest BCUT2D eigenvalue weighted by molar-refractivity contribution is 0.0245. The first-order valence-electron chi connectivity index (χ1n) is 32.8. The van der Waals surface area contributed by atoms with Gasteiger partial charge >= 0.3 is 17.9 Å². The molecule has 2 saturated heterocycles. The molecule has 0 spiro atoms. The van der Waals surface area contributed by atoms with Gasteiger partial charge in [0.05, 0.1) is 76.8 Å². The molecule has 0 atom stereocenters. The van der Waals surface area contributed by atoms with Gasteiger partial charge < -0.3 is 45.8 Å². The summed E-state index contributed by atoms with van der Waals surface area (Å²) < 4.78 is 39.3. The third-order valence-corrected chi connectivity index (χ3v) is 19.6. The van der Waals surface area contributed by atoms with E-state index in [2.05, 4.69) is 92.2 Å². The van der Waals surface area contributed by atoms with Crippen LogP contribution in [0, 0.1) is 11.8 Å². The Labute approximate surface area is 618 Å². The predicted octanol–water partition coefficient (Wildman–Crippen LogP) is 18.2. The number of aromatic carboxylic acids is 1. The monoisotopic (exact) mass is 1520 g/mol. The minimum absolute atomic E-state index is 0. The van der Waals surface area contributed by atoms with Gasteiger partial charge in [-0.3, -0.25) is 14.0 Å². The molecule has 10 aromatic rings. The van der Waals surface area contributed by atoms with E-state index in [1.54, 1.807) is 44.0 Å². The van der Waals surface area contributed by atoms with Gasteiger partial charge in [-0.05, 0) is 144 Å². The number of halogens is 5. The molecule has 7 heterocycles. The molecule has 2 aliphatic carbocycles. The fourth-order valence-electron chi connectivity index (χ4n) is 12.0. The Hall–Kier alpha value is -8.72. The third-order valence-electron chi connectivity index (χ3n) is 17.8. The van der Waals surface area contributed by atoms with Gasteiger partial charge in [0.25, 0.3) is 0 Å². The largest absolute Gasteiger partial charge is 1.00 e. The van der Waals surface area contributed by atoms with Crippen molar-refractivity contribution in [2.75, 3.05) is 50.2 Å². The maximum Gasteiger partial charge on any atom is 0.356 e. The summed E-state index contributed by atoms with van der Waals surface area (Å²) in [5.74, 6) is 6.15. The zero-order valence-corrected chi connectivity index (χ0v) is 60.9. The second-order valence-electron chi connectivity index (χ2n) is 24.5. The minimum Gasteiger partial charge on any atom is -1.00 e. The summed E-state index contributed by atoms with van der Waals surface area (Å²) in [4.78, 5) is 39.4. The number of aryl methyl sites for hydroxylation is 3. The molecule has 4 aliphatic rings. The number of piperidine rings is 2. The van der Waals surface area contributed by atoms with Crippen LogP contribution in [0.1, 0.15) is 141 Å². The smallest absolute Gasteiger partial charge is 0.356 e. The molecule has 101 heavy (non-hydrogen) atoms. The lowest BCUT2D eigenvalue weighted by Gasteiger charge is -2.33. The van der Waals surface area contributed by atoms with Crippen molar-refractivity contribution >= 4 is 91.6 Å². The number of ether oxygens (including phenoxy) is 4. The average Bonchev–Trinajstić information content (AvgIpc) is 1.64. The molecular formula is C76H81BrCl4N10O10-2. The van der Waals surface area contributed by atoms with E-state index in [9.17, 15) is 19.5 Å². The van der Waals surface area contributed by atoms with E-state index in [4.69, 9.17) is 69.7 Å². The van der Waals surface area contributed by atoms with Crippen LogP contribution in [0.15, 0.2) is 141 Å². The molecular weight excluding hydrogens is 1430 g/mol. The summed E-state index contributed by atoms with van der Waals surface area (Å²) in [6, 6.07) is 40.1.